The molecule has 0 spiro atoms. The van der Waals surface area contributed by atoms with E-state index in [-0.39, 0.29) is 16.5 Å². The summed E-state index contributed by atoms with van der Waals surface area (Å²) in [5, 5.41) is 15.9. The molecule has 0 aliphatic carbocycles. The zero-order chi connectivity index (χ0) is 22.8. The lowest BCUT2D eigenvalue weighted by atomic mass is 10.1. The van der Waals surface area contributed by atoms with Crippen LogP contribution in [0, 0.1) is 10.1 Å². The van der Waals surface area contributed by atoms with E-state index >= 15 is 0 Å². The lowest BCUT2D eigenvalue weighted by Gasteiger charge is -2.34. The van der Waals surface area contributed by atoms with Crippen LogP contribution in [-0.2, 0) is 6.54 Å². The highest BCUT2D eigenvalue weighted by Crippen LogP contribution is 2.29. The molecule has 1 aliphatic rings. The zero-order valence-electron chi connectivity index (χ0n) is 17.9. The van der Waals surface area contributed by atoms with Gasteiger partial charge in [-0.15, -0.1) is 0 Å². The van der Waals surface area contributed by atoms with Crippen molar-refractivity contribution < 1.29 is 14.2 Å². The fourth-order valence-corrected chi connectivity index (χ4v) is 4.19. The molecule has 0 atom stereocenters. The number of carbonyl (C=O) groups excluding carboxylic acids is 1. The van der Waals surface area contributed by atoms with Crippen molar-refractivity contribution in [3.05, 3.63) is 94.0 Å². The highest BCUT2D eigenvalue weighted by atomic mass is 16.6. The number of nitro groups is 1. The van der Waals surface area contributed by atoms with E-state index < -0.39 is 0 Å². The van der Waals surface area contributed by atoms with Gasteiger partial charge in [-0.05, 0) is 23.8 Å². The number of amides is 1. The van der Waals surface area contributed by atoms with Gasteiger partial charge in [0.05, 0.1) is 10.3 Å². The van der Waals surface area contributed by atoms with E-state index in [1.54, 1.807) is 18.2 Å². The van der Waals surface area contributed by atoms with Crippen LogP contribution in [0.3, 0.4) is 0 Å². The maximum absolute atomic E-state index is 13.2. The highest BCUT2D eigenvalue weighted by molar-refractivity contribution is 6.01. The van der Waals surface area contributed by atoms with Gasteiger partial charge < -0.3 is 9.42 Å². The topological polar surface area (TPSA) is 92.7 Å². The maximum Gasteiger partial charge on any atom is 0.269 e. The number of fused-ring (bicyclic) bond motifs is 1. The lowest BCUT2D eigenvalue weighted by Crippen LogP contribution is -2.48. The van der Waals surface area contributed by atoms with Gasteiger partial charge in [-0.1, -0.05) is 47.6 Å². The quantitative estimate of drug-likeness (QED) is 0.337. The molecule has 33 heavy (non-hydrogen) atoms. The van der Waals surface area contributed by atoms with E-state index in [1.807, 2.05) is 53.4 Å². The number of aromatic nitrogens is 1. The van der Waals surface area contributed by atoms with Crippen molar-refractivity contribution in [1.82, 2.24) is 15.0 Å². The first-order chi connectivity index (χ1) is 16.1. The van der Waals surface area contributed by atoms with Crippen LogP contribution in [0.15, 0.2) is 77.3 Å². The third-order valence-electron chi connectivity index (χ3n) is 5.95. The number of benzene rings is 3. The molecule has 1 fully saturated rings. The molecule has 0 saturated carbocycles. The number of non-ortho nitro benzene ring substituents is 1. The standard InChI is InChI=1S/C25H22N4O4/c30-25(20-9-10-23-22(16-20)24(33-26-23)19-6-2-1-3-7-19)28-13-11-27(12-14-28)17-18-5-4-8-21(15-18)29(31)32/h1-10,15-16H,11-14,17H2. The molecule has 1 aliphatic heterocycles. The van der Waals surface area contributed by atoms with Crippen LogP contribution in [0.25, 0.3) is 22.2 Å². The van der Waals surface area contributed by atoms with Crippen LogP contribution >= 0.6 is 0 Å². The second kappa shape index (κ2) is 8.84. The fraction of sp³-hybridized carbons (Fsp3) is 0.200. The predicted octanol–water partition coefficient (Wildman–Crippen LogP) is 4.36. The summed E-state index contributed by atoms with van der Waals surface area (Å²) in [7, 11) is 0. The average Bonchev–Trinajstić information content (AvgIpc) is 3.28. The second-order valence-electron chi connectivity index (χ2n) is 8.11. The molecule has 0 bridgehead atoms. The van der Waals surface area contributed by atoms with E-state index in [9.17, 15) is 14.9 Å². The van der Waals surface area contributed by atoms with E-state index in [4.69, 9.17) is 4.52 Å². The molecule has 0 radical (unpaired) electrons. The van der Waals surface area contributed by atoms with Crippen LogP contribution in [0.4, 0.5) is 5.69 Å². The highest BCUT2D eigenvalue weighted by Gasteiger charge is 2.23. The van der Waals surface area contributed by atoms with E-state index in [0.29, 0.717) is 49.6 Å². The van der Waals surface area contributed by atoms with Gasteiger partial charge in [-0.25, -0.2) is 0 Å². The van der Waals surface area contributed by atoms with Crippen molar-refractivity contribution in [2.75, 3.05) is 26.2 Å². The zero-order valence-corrected chi connectivity index (χ0v) is 17.9. The predicted molar refractivity (Wildman–Crippen MR) is 124 cm³/mol. The molecule has 1 amide bonds. The number of hydrogen-bond acceptors (Lipinski definition) is 6. The van der Waals surface area contributed by atoms with Gasteiger partial charge in [0, 0.05) is 56.0 Å². The monoisotopic (exact) mass is 442 g/mol. The van der Waals surface area contributed by atoms with E-state index in [0.717, 1.165) is 16.5 Å². The minimum atomic E-state index is -0.379. The first-order valence-corrected chi connectivity index (χ1v) is 10.8. The number of hydrogen-bond donors (Lipinski definition) is 0. The summed E-state index contributed by atoms with van der Waals surface area (Å²) in [4.78, 5) is 27.9. The van der Waals surface area contributed by atoms with Crippen molar-refractivity contribution in [2.24, 2.45) is 0 Å². The van der Waals surface area contributed by atoms with Gasteiger partial charge >= 0.3 is 0 Å². The average molecular weight is 442 g/mol. The molecule has 4 aromatic rings. The Morgan fingerprint density at radius 3 is 2.52 bits per heavy atom. The fourth-order valence-electron chi connectivity index (χ4n) is 4.19. The van der Waals surface area contributed by atoms with Crippen molar-refractivity contribution in [3.8, 4) is 11.3 Å². The molecule has 5 rings (SSSR count). The van der Waals surface area contributed by atoms with Crippen molar-refractivity contribution in [2.45, 2.75) is 6.54 Å². The first-order valence-electron chi connectivity index (χ1n) is 10.8. The molecule has 8 heteroatoms. The largest absolute Gasteiger partial charge is 0.355 e. The Bertz CT molecular complexity index is 1310. The smallest absolute Gasteiger partial charge is 0.269 e. The SMILES string of the molecule is O=C(c1ccc2noc(-c3ccccc3)c2c1)N1CCN(Cc2cccc([N+](=O)[O-])c2)CC1. The van der Waals surface area contributed by atoms with Gasteiger partial charge in [-0.3, -0.25) is 19.8 Å². The van der Waals surface area contributed by atoms with E-state index in [1.165, 1.54) is 6.07 Å². The summed E-state index contributed by atoms with van der Waals surface area (Å²) in [6.45, 7) is 3.23. The number of nitrogens with zero attached hydrogens (tertiary/aromatic N) is 4. The molecule has 166 valence electrons. The molecule has 1 saturated heterocycles. The summed E-state index contributed by atoms with van der Waals surface area (Å²) in [5.74, 6) is 0.633. The van der Waals surface area contributed by atoms with Crippen molar-refractivity contribution >= 4 is 22.5 Å². The minimum Gasteiger partial charge on any atom is -0.355 e. The number of piperazine rings is 1. The van der Waals surface area contributed by atoms with Gasteiger partial charge in [0.2, 0.25) is 0 Å². The Morgan fingerprint density at radius 1 is 0.970 bits per heavy atom. The summed E-state index contributed by atoms with van der Waals surface area (Å²) in [6, 6.07) is 21.9. The lowest BCUT2D eigenvalue weighted by molar-refractivity contribution is -0.384. The molecule has 3 aromatic carbocycles. The molecule has 0 unspecified atom stereocenters. The molecule has 2 heterocycles. The number of rotatable bonds is 5. The van der Waals surface area contributed by atoms with E-state index in [2.05, 4.69) is 10.1 Å². The Hall–Kier alpha value is -4.04. The molecular formula is C25H22N4O4. The van der Waals surface area contributed by atoms with Crippen LogP contribution in [0.2, 0.25) is 0 Å². The first kappa shape index (κ1) is 20.8. The molecular weight excluding hydrogens is 420 g/mol. The number of carbonyl (C=O) groups is 1. The van der Waals surface area contributed by atoms with Crippen molar-refractivity contribution in [1.29, 1.82) is 0 Å². The maximum atomic E-state index is 13.2. The van der Waals surface area contributed by atoms with Crippen LogP contribution in [0.5, 0.6) is 0 Å². The number of nitro benzene ring substituents is 1. The van der Waals surface area contributed by atoms with Crippen molar-refractivity contribution in [3.63, 3.8) is 0 Å². The van der Waals surface area contributed by atoms with Gasteiger partial charge in [0.25, 0.3) is 11.6 Å². The normalized spacial score (nSPS) is 14.5. The Labute approximate surface area is 190 Å². The second-order valence-corrected chi connectivity index (χ2v) is 8.11. The summed E-state index contributed by atoms with van der Waals surface area (Å²) < 4.78 is 5.55. The Morgan fingerprint density at radius 2 is 1.76 bits per heavy atom. The van der Waals surface area contributed by atoms with Gasteiger partial charge in [0.1, 0.15) is 5.52 Å². The molecule has 1 aromatic heterocycles. The third-order valence-corrected chi connectivity index (χ3v) is 5.95. The molecule has 8 nitrogen and oxygen atoms in total. The van der Waals surface area contributed by atoms with Gasteiger partial charge in [-0.2, -0.15) is 0 Å². The summed E-state index contributed by atoms with van der Waals surface area (Å²) >= 11 is 0. The van der Waals surface area contributed by atoms with Crippen LogP contribution in [-0.4, -0.2) is 52.0 Å². The Kier molecular flexibility index (Phi) is 5.58. The van der Waals surface area contributed by atoms with Crippen LogP contribution < -0.4 is 0 Å². The summed E-state index contributed by atoms with van der Waals surface area (Å²) in [6.07, 6.45) is 0. The minimum absolute atomic E-state index is 0.0212. The van der Waals surface area contributed by atoms with Gasteiger partial charge in [0.15, 0.2) is 5.76 Å². The third kappa shape index (κ3) is 4.33. The summed E-state index contributed by atoms with van der Waals surface area (Å²) in [5.41, 5.74) is 3.23. The molecule has 0 N–H and O–H groups in total. The van der Waals surface area contributed by atoms with Crippen LogP contribution in [0.1, 0.15) is 15.9 Å². The Balaban J connectivity index is 1.27.